The third-order valence-corrected chi connectivity index (χ3v) is 6.67. The Morgan fingerprint density at radius 3 is 2.58 bits per heavy atom. The maximum absolute atomic E-state index is 12.6. The third-order valence-electron chi connectivity index (χ3n) is 5.54. The first-order valence-electron chi connectivity index (χ1n) is 9.54. The van der Waals surface area contributed by atoms with E-state index in [2.05, 4.69) is 0 Å². The molecule has 1 fully saturated rings. The van der Waals surface area contributed by atoms with Gasteiger partial charge in [0.25, 0.3) is 5.56 Å². The van der Waals surface area contributed by atoms with Gasteiger partial charge in [0.1, 0.15) is 5.75 Å². The van der Waals surface area contributed by atoms with E-state index >= 15 is 0 Å². The summed E-state index contributed by atoms with van der Waals surface area (Å²) in [4.78, 5) is 12.6. The van der Waals surface area contributed by atoms with Gasteiger partial charge in [-0.1, -0.05) is 6.07 Å². The molecule has 0 saturated heterocycles. The van der Waals surface area contributed by atoms with E-state index in [1.54, 1.807) is 11.1 Å². The van der Waals surface area contributed by atoms with Gasteiger partial charge in [-0.3, -0.25) is 4.79 Å². The van der Waals surface area contributed by atoms with Crippen molar-refractivity contribution in [3.8, 4) is 16.9 Å². The lowest BCUT2D eigenvalue weighted by molar-refractivity contribution is 0.301. The maximum atomic E-state index is 12.6. The Labute approximate surface area is 155 Å². The first kappa shape index (κ1) is 17.4. The first-order chi connectivity index (χ1) is 12.5. The SMILES string of the molecule is Cn1cc(-c2cc([Si](C)=O)ccc2OCC2CC2)c2c(c1=O)CCCC2. The standard InChI is InChI=1S/C21H25NO3Si/c1-22-12-19(16-5-3-4-6-17(16)21(22)23)18-11-15(26(2)24)9-10-20(18)25-13-14-7-8-14/h9-12,14H,3-8,13H2,1-2H3. The van der Waals surface area contributed by atoms with Gasteiger partial charge in [0, 0.05) is 29.9 Å². The Bertz CT molecular complexity index is 928. The molecule has 1 heterocycles. The van der Waals surface area contributed by atoms with Gasteiger partial charge in [0.2, 0.25) is 0 Å². The zero-order valence-corrected chi connectivity index (χ0v) is 16.5. The minimum absolute atomic E-state index is 0.115. The highest BCUT2D eigenvalue weighted by molar-refractivity contribution is 6.58. The zero-order chi connectivity index (χ0) is 18.3. The summed E-state index contributed by atoms with van der Waals surface area (Å²) in [5, 5.41) is 0.863. The monoisotopic (exact) mass is 367 g/mol. The summed E-state index contributed by atoms with van der Waals surface area (Å²) in [5.74, 6) is 1.51. The van der Waals surface area contributed by atoms with Crippen LogP contribution < -0.4 is 15.5 Å². The van der Waals surface area contributed by atoms with Crippen LogP contribution in [0.15, 0.2) is 29.2 Å². The molecule has 0 radical (unpaired) electrons. The molecular formula is C21H25NO3Si. The summed E-state index contributed by atoms with van der Waals surface area (Å²) in [7, 11) is 0.0284. The van der Waals surface area contributed by atoms with Crippen molar-refractivity contribution in [1.29, 1.82) is 0 Å². The number of nitrogens with zero attached hydrogens (tertiary/aromatic N) is 1. The van der Waals surface area contributed by atoms with Crippen molar-refractivity contribution in [1.82, 2.24) is 4.57 Å². The van der Waals surface area contributed by atoms with Crippen LogP contribution in [0.4, 0.5) is 0 Å². The number of rotatable bonds is 5. The van der Waals surface area contributed by atoms with Gasteiger partial charge in [0.05, 0.1) is 6.61 Å². The molecule has 4 nitrogen and oxygen atoms in total. The van der Waals surface area contributed by atoms with Crippen LogP contribution in [-0.2, 0) is 24.4 Å². The largest absolute Gasteiger partial charge is 0.493 e. The molecule has 0 atom stereocenters. The molecule has 2 aliphatic carbocycles. The lowest BCUT2D eigenvalue weighted by atomic mass is 9.87. The van der Waals surface area contributed by atoms with Gasteiger partial charge in [-0.25, -0.2) is 0 Å². The van der Waals surface area contributed by atoms with E-state index in [4.69, 9.17) is 4.74 Å². The van der Waals surface area contributed by atoms with Crippen LogP contribution in [-0.4, -0.2) is 19.9 Å². The maximum Gasteiger partial charge on any atom is 0.308 e. The Kier molecular flexibility index (Phi) is 4.65. The Hall–Kier alpha value is -2.01. The molecule has 4 rings (SSSR count). The molecular weight excluding hydrogens is 342 g/mol. The second kappa shape index (κ2) is 6.95. The van der Waals surface area contributed by atoms with E-state index < -0.39 is 8.68 Å². The van der Waals surface area contributed by atoms with Gasteiger partial charge in [0.15, 0.2) is 0 Å². The number of benzene rings is 1. The second-order valence-electron chi connectivity index (χ2n) is 7.64. The molecule has 1 aromatic heterocycles. The van der Waals surface area contributed by atoms with Gasteiger partial charge in [-0.15, -0.1) is 0 Å². The Morgan fingerprint density at radius 2 is 1.88 bits per heavy atom. The van der Waals surface area contributed by atoms with E-state index in [1.807, 2.05) is 31.4 Å². The molecule has 26 heavy (non-hydrogen) atoms. The molecule has 0 N–H and O–H groups in total. The van der Waals surface area contributed by atoms with Crippen molar-refractivity contribution in [3.05, 3.63) is 45.9 Å². The van der Waals surface area contributed by atoms with Crippen molar-refractivity contribution in [2.45, 2.75) is 45.1 Å². The second-order valence-corrected chi connectivity index (χ2v) is 9.33. The molecule has 0 unspecified atom stereocenters. The first-order valence-corrected chi connectivity index (χ1v) is 11.4. The van der Waals surface area contributed by atoms with Gasteiger partial charge in [-0.05, 0) is 73.9 Å². The van der Waals surface area contributed by atoms with E-state index in [0.717, 1.165) is 65.5 Å². The number of ether oxygens (including phenoxy) is 1. The van der Waals surface area contributed by atoms with Crippen molar-refractivity contribution >= 4 is 13.9 Å². The summed E-state index contributed by atoms with van der Waals surface area (Å²) < 4.78 is 19.9. The minimum Gasteiger partial charge on any atom is -0.493 e. The number of hydrogen-bond donors (Lipinski definition) is 0. The molecule has 136 valence electrons. The van der Waals surface area contributed by atoms with E-state index in [1.165, 1.54) is 12.8 Å². The normalized spacial score (nSPS) is 16.2. The molecule has 0 bridgehead atoms. The lowest BCUT2D eigenvalue weighted by Crippen LogP contribution is -2.26. The number of fused-ring (bicyclic) bond motifs is 1. The van der Waals surface area contributed by atoms with E-state index in [-0.39, 0.29) is 5.56 Å². The van der Waals surface area contributed by atoms with Crippen LogP contribution in [0.5, 0.6) is 5.75 Å². The summed E-state index contributed by atoms with van der Waals surface area (Å²) >= 11 is 0. The Morgan fingerprint density at radius 1 is 1.15 bits per heavy atom. The topological polar surface area (TPSA) is 48.3 Å². The van der Waals surface area contributed by atoms with Crippen molar-refractivity contribution in [2.24, 2.45) is 13.0 Å². The molecule has 5 heteroatoms. The average Bonchev–Trinajstić information content (AvgIpc) is 3.47. The molecule has 1 saturated carbocycles. The van der Waals surface area contributed by atoms with Crippen LogP contribution in [0.25, 0.3) is 11.1 Å². The lowest BCUT2D eigenvalue weighted by Gasteiger charge is -2.22. The van der Waals surface area contributed by atoms with Gasteiger partial charge >= 0.3 is 8.68 Å². The molecule has 0 spiro atoms. The average molecular weight is 368 g/mol. The van der Waals surface area contributed by atoms with Crippen molar-refractivity contribution in [3.63, 3.8) is 0 Å². The van der Waals surface area contributed by atoms with Gasteiger partial charge < -0.3 is 13.8 Å². The highest BCUT2D eigenvalue weighted by Gasteiger charge is 2.24. The van der Waals surface area contributed by atoms with E-state index in [9.17, 15) is 9.26 Å². The molecule has 0 aliphatic heterocycles. The van der Waals surface area contributed by atoms with Gasteiger partial charge in [-0.2, -0.15) is 0 Å². The number of aryl methyl sites for hydroxylation is 1. The van der Waals surface area contributed by atoms with Crippen LogP contribution in [0, 0.1) is 5.92 Å². The molecule has 2 aliphatic rings. The van der Waals surface area contributed by atoms with Crippen LogP contribution in [0.1, 0.15) is 36.8 Å². The minimum atomic E-state index is -1.79. The van der Waals surface area contributed by atoms with E-state index in [0.29, 0.717) is 5.92 Å². The number of aromatic nitrogens is 1. The fourth-order valence-electron chi connectivity index (χ4n) is 3.79. The predicted molar refractivity (Wildman–Crippen MR) is 104 cm³/mol. The molecule has 1 aromatic carbocycles. The summed E-state index contributed by atoms with van der Waals surface area (Å²) in [6.07, 6.45) is 8.36. The highest BCUT2D eigenvalue weighted by Crippen LogP contribution is 2.36. The number of hydrogen-bond acceptors (Lipinski definition) is 3. The smallest absolute Gasteiger partial charge is 0.308 e. The summed E-state index contributed by atoms with van der Waals surface area (Å²) in [5.41, 5.74) is 4.27. The number of pyridine rings is 1. The quantitative estimate of drug-likeness (QED) is 0.764. The molecule has 0 amide bonds. The highest BCUT2D eigenvalue weighted by atomic mass is 28.3. The summed E-state index contributed by atoms with van der Waals surface area (Å²) in [6.45, 7) is 2.51. The zero-order valence-electron chi connectivity index (χ0n) is 15.5. The van der Waals surface area contributed by atoms with Crippen molar-refractivity contribution < 1.29 is 9.20 Å². The fraction of sp³-hybridized carbons (Fsp3) is 0.476. The molecule has 2 aromatic rings. The Balaban J connectivity index is 1.87. The fourth-order valence-corrected chi connectivity index (χ4v) is 4.46. The van der Waals surface area contributed by atoms with Crippen LogP contribution >= 0.6 is 0 Å². The van der Waals surface area contributed by atoms with Crippen LogP contribution in [0.3, 0.4) is 0 Å². The van der Waals surface area contributed by atoms with Crippen LogP contribution in [0.2, 0.25) is 6.55 Å². The predicted octanol–water partition coefficient (Wildman–Crippen LogP) is 2.98. The van der Waals surface area contributed by atoms with Crippen molar-refractivity contribution in [2.75, 3.05) is 6.61 Å². The summed E-state index contributed by atoms with van der Waals surface area (Å²) in [6, 6.07) is 5.89. The third kappa shape index (κ3) is 3.32.